The second-order valence-electron chi connectivity index (χ2n) is 2.70. The highest BCUT2D eigenvalue weighted by Gasteiger charge is 2.24. The van der Waals surface area contributed by atoms with Gasteiger partial charge in [-0.05, 0) is 22.0 Å². The van der Waals surface area contributed by atoms with Gasteiger partial charge in [0.2, 0.25) is 0 Å². The molecular weight excluding hydrogens is 225 g/mol. The molecule has 0 aliphatic carbocycles. The molecule has 2 nitrogen and oxygen atoms in total. The van der Waals surface area contributed by atoms with Crippen molar-refractivity contribution in [2.75, 3.05) is 6.61 Å². The molecule has 1 atom stereocenters. The second kappa shape index (κ2) is 2.71. The van der Waals surface area contributed by atoms with Crippen LogP contribution < -0.4 is 10.5 Å². The zero-order chi connectivity index (χ0) is 8.72. The van der Waals surface area contributed by atoms with E-state index in [-0.39, 0.29) is 11.9 Å². The van der Waals surface area contributed by atoms with Crippen LogP contribution in [0, 0.1) is 5.82 Å². The molecule has 2 N–H and O–H groups in total. The third-order valence-corrected chi connectivity index (χ3v) is 2.63. The van der Waals surface area contributed by atoms with E-state index in [1.54, 1.807) is 6.07 Å². The molecule has 0 fully saturated rings. The van der Waals surface area contributed by atoms with Gasteiger partial charge in [0.15, 0.2) is 0 Å². The Kier molecular flexibility index (Phi) is 1.81. The van der Waals surface area contributed by atoms with Crippen molar-refractivity contribution in [1.82, 2.24) is 0 Å². The van der Waals surface area contributed by atoms with Crippen molar-refractivity contribution in [2.24, 2.45) is 5.73 Å². The Morgan fingerprint density at radius 3 is 3.08 bits per heavy atom. The minimum absolute atomic E-state index is 0.128. The Morgan fingerprint density at radius 2 is 2.33 bits per heavy atom. The first kappa shape index (κ1) is 8.01. The minimum atomic E-state index is -0.317. The van der Waals surface area contributed by atoms with Crippen molar-refractivity contribution in [3.8, 4) is 5.75 Å². The quantitative estimate of drug-likeness (QED) is 0.742. The molecule has 1 aliphatic rings. The number of hydrogen-bond acceptors (Lipinski definition) is 2. The summed E-state index contributed by atoms with van der Waals surface area (Å²) in [6.07, 6.45) is 0. The monoisotopic (exact) mass is 231 g/mol. The predicted octanol–water partition coefficient (Wildman–Crippen LogP) is 1.98. The van der Waals surface area contributed by atoms with E-state index in [0.29, 0.717) is 16.8 Å². The van der Waals surface area contributed by atoms with E-state index in [2.05, 4.69) is 15.9 Å². The number of rotatable bonds is 0. The number of fused-ring (bicyclic) bond motifs is 1. The van der Waals surface area contributed by atoms with E-state index >= 15 is 0 Å². The molecule has 1 aliphatic heterocycles. The van der Waals surface area contributed by atoms with E-state index < -0.39 is 0 Å². The zero-order valence-electron chi connectivity index (χ0n) is 6.18. The van der Waals surface area contributed by atoms with Gasteiger partial charge in [-0.25, -0.2) is 4.39 Å². The summed E-state index contributed by atoms with van der Waals surface area (Å²) in [4.78, 5) is 0. The van der Waals surface area contributed by atoms with Crippen molar-refractivity contribution in [3.05, 3.63) is 28.0 Å². The molecule has 0 saturated carbocycles. The molecule has 4 heteroatoms. The Hall–Kier alpha value is -0.610. The zero-order valence-corrected chi connectivity index (χ0v) is 7.77. The van der Waals surface area contributed by atoms with Crippen LogP contribution >= 0.6 is 15.9 Å². The molecular formula is C8H7BrFNO. The Bertz CT molecular complexity index is 329. The van der Waals surface area contributed by atoms with Gasteiger partial charge in [0.25, 0.3) is 0 Å². The summed E-state index contributed by atoms with van der Waals surface area (Å²) >= 11 is 3.10. The summed E-state index contributed by atoms with van der Waals surface area (Å²) in [7, 11) is 0. The van der Waals surface area contributed by atoms with Crippen molar-refractivity contribution >= 4 is 15.9 Å². The van der Waals surface area contributed by atoms with Gasteiger partial charge in [0.05, 0.1) is 10.5 Å². The lowest BCUT2D eigenvalue weighted by Crippen LogP contribution is -2.10. The molecule has 1 aromatic carbocycles. The summed E-state index contributed by atoms with van der Waals surface area (Å²) < 4.78 is 18.5. The van der Waals surface area contributed by atoms with E-state index in [0.717, 1.165) is 5.56 Å². The lowest BCUT2D eigenvalue weighted by atomic mass is 10.1. The highest BCUT2D eigenvalue weighted by Crippen LogP contribution is 2.38. The fourth-order valence-corrected chi connectivity index (χ4v) is 1.72. The first-order chi connectivity index (χ1) is 5.70. The lowest BCUT2D eigenvalue weighted by Gasteiger charge is -2.02. The molecule has 0 spiro atoms. The molecule has 0 radical (unpaired) electrons. The SMILES string of the molecule is N[C@@H]1COc2c1ccc(F)c2Br. The number of hydrogen-bond donors (Lipinski definition) is 1. The fraction of sp³-hybridized carbons (Fsp3) is 0.250. The molecule has 0 bridgehead atoms. The maximum Gasteiger partial charge on any atom is 0.141 e. The third kappa shape index (κ3) is 1.03. The highest BCUT2D eigenvalue weighted by atomic mass is 79.9. The number of nitrogens with two attached hydrogens (primary N) is 1. The highest BCUT2D eigenvalue weighted by molar-refractivity contribution is 9.10. The van der Waals surface area contributed by atoms with E-state index in [1.807, 2.05) is 0 Å². The molecule has 1 aromatic rings. The normalized spacial score (nSPS) is 20.4. The summed E-state index contributed by atoms with van der Waals surface area (Å²) in [5, 5.41) is 0. The van der Waals surface area contributed by atoms with Crippen molar-refractivity contribution in [1.29, 1.82) is 0 Å². The minimum Gasteiger partial charge on any atom is -0.490 e. The standard InChI is InChI=1S/C8H7BrFNO/c9-7-5(10)2-1-4-6(11)3-12-8(4)7/h1-2,6H,3,11H2/t6-/m1/s1. The van der Waals surface area contributed by atoms with Gasteiger partial charge in [-0.3, -0.25) is 0 Å². The Labute approximate surface area is 77.6 Å². The van der Waals surface area contributed by atoms with Crippen LogP contribution in [0.5, 0.6) is 5.75 Å². The Balaban J connectivity index is 2.60. The van der Waals surface area contributed by atoms with Crippen molar-refractivity contribution in [2.45, 2.75) is 6.04 Å². The summed E-state index contributed by atoms with van der Waals surface area (Å²) in [5.74, 6) is 0.227. The topological polar surface area (TPSA) is 35.2 Å². The van der Waals surface area contributed by atoms with Gasteiger partial charge in [0, 0.05) is 5.56 Å². The summed E-state index contributed by atoms with van der Waals surface area (Å²) in [5.41, 5.74) is 6.56. The molecule has 0 saturated heterocycles. The van der Waals surface area contributed by atoms with Crippen LogP contribution in [0.25, 0.3) is 0 Å². The molecule has 12 heavy (non-hydrogen) atoms. The van der Waals surface area contributed by atoms with E-state index in [9.17, 15) is 4.39 Å². The second-order valence-corrected chi connectivity index (χ2v) is 3.49. The maximum absolute atomic E-state index is 12.9. The molecule has 0 amide bonds. The van der Waals surface area contributed by atoms with Gasteiger partial charge in [-0.1, -0.05) is 6.07 Å². The molecule has 0 aromatic heterocycles. The van der Waals surface area contributed by atoms with Gasteiger partial charge in [-0.15, -0.1) is 0 Å². The van der Waals surface area contributed by atoms with Gasteiger partial charge >= 0.3 is 0 Å². The van der Waals surface area contributed by atoms with E-state index in [1.165, 1.54) is 6.07 Å². The van der Waals surface area contributed by atoms with Crippen LogP contribution in [-0.4, -0.2) is 6.61 Å². The van der Waals surface area contributed by atoms with Crippen LogP contribution in [0.2, 0.25) is 0 Å². The molecule has 64 valence electrons. The predicted molar refractivity (Wildman–Crippen MR) is 46.5 cm³/mol. The molecule has 0 unspecified atom stereocenters. The first-order valence-corrected chi connectivity index (χ1v) is 4.35. The van der Waals surface area contributed by atoms with Crippen LogP contribution in [0.15, 0.2) is 16.6 Å². The Morgan fingerprint density at radius 1 is 1.58 bits per heavy atom. The number of halogens is 2. The average Bonchev–Trinajstić information content (AvgIpc) is 2.41. The van der Waals surface area contributed by atoms with Gasteiger partial charge in [0.1, 0.15) is 18.2 Å². The number of ether oxygens (including phenoxy) is 1. The summed E-state index contributed by atoms with van der Waals surface area (Å²) in [6.45, 7) is 0.428. The number of benzene rings is 1. The van der Waals surface area contributed by atoms with Crippen LogP contribution in [-0.2, 0) is 0 Å². The lowest BCUT2D eigenvalue weighted by molar-refractivity contribution is 0.330. The maximum atomic E-state index is 12.9. The van der Waals surface area contributed by atoms with E-state index in [4.69, 9.17) is 10.5 Å². The van der Waals surface area contributed by atoms with Gasteiger partial charge < -0.3 is 10.5 Å². The summed E-state index contributed by atoms with van der Waals surface area (Å²) in [6, 6.07) is 2.92. The third-order valence-electron chi connectivity index (χ3n) is 1.89. The molecule has 2 rings (SSSR count). The molecule has 1 heterocycles. The van der Waals surface area contributed by atoms with Crippen LogP contribution in [0.3, 0.4) is 0 Å². The average molecular weight is 232 g/mol. The smallest absolute Gasteiger partial charge is 0.141 e. The largest absolute Gasteiger partial charge is 0.490 e. The van der Waals surface area contributed by atoms with Crippen LogP contribution in [0.4, 0.5) is 4.39 Å². The van der Waals surface area contributed by atoms with Crippen molar-refractivity contribution < 1.29 is 9.13 Å². The van der Waals surface area contributed by atoms with Gasteiger partial charge in [-0.2, -0.15) is 0 Å². The fourth-order valence-electron chi connectivity index (χ4n) is 1.25. The van der Waals surface area contributed by atoms with Crippen molar-refractivity contribution in [3.63, 3.8) is 0 Å². The first-order valence-electron chi connectivity index (χ1n) is 3.56. The van der Waals surface area contributed by atoms with Crippen LogP contribution in [0.1, 0.15) is 11.6 Å².